The fourth-order valence-corrected chi connectivity index (χ4v) is 3.03. The molecule has 138 valence electrons. The molecular weight excluding hydrogens is 422 g/mol. The Morgan fingerprint density at radius 3 is 2.67 bits per heavy atom. The summed E-state index contributed by atoms with van der Waals surface area (Å²) in [7, 11) is 1.35. The van der Waals surface area contributed by atoms with E-state index < -0.39 is 29.1 Å². The molecule has 2 aromatic rings. The van der Waals surface area contributed by atoms with Gasteiger partial charge < -0.3 is 10.1 Å². The molecule has 0 saturated heterocycles. The summed E-state index contributed by atoms with van der Waals surface area (Å²) in [6, 6.07) is 8.47. The highest BCUT2D eigenvalue weighted by Crippen LogP contribution is 2.32. The number of nitrogens with zero attached hydrogens (tertiary/aromatic N) is 2. The van der Waals surface area contributed by atoms with Crippen molar-refractivity contribution < 1.29 is 24.0 Å². The molecule has 0 fully saturated rings. The number of ether oxygens (including phenoxy) is 1. The average molecular weight is 434 g/mol. The lowest BCUT2D eigenvalue weighted by Crippen LogP contribution is -2.37. The number of hydrogen-bond donors (Lipinski definition) is 1. The van der Waals surface area contributed by atoms with Crippen LogP contribution in [0.15, 0.2) is 40.9 Å². The first-order valence-corrected chi connectivity index (χ1v) is 8.39. The summed E-state index contributed by atoms with van der Waals surface area (Å²) in [6.45, 7) is -0.426. The molecule has 0 unspecified atom stereocenters. The Kier molecular flexibility index (Phi) is 4.91. The first kappa shape index (κ1) is 18.5. The molecule has 2 aromatic carbocycles. The molecule has 27 heavy (non-hydrogen) atoms. The van der Waals surface area contributed by atoms with Crippen molar-refractivity contribution in [3.05, 3.63) is 56.5 Å². The van der Waals surface area contributed by atoms with Gasteiger partial charge in [0, 0.05) is 16.6 Å². The molecule has 1 aliphatic rings. The molecule has 0 aliphatic carbocycles. The van der Waals surface area contributed by atoms with Crippen LogP contribution < -0.4 is 15.0 Å². The Labute approximate surface area is 161 Å². The third-order valence-corrected chi connectivity index (χ3v) is 4.40. The monoisotopic (exact) mass is 433 g/mol. The Bertz CT molecular complexity index is 991. The molecule has 1 heterocycles. The quantitative estimate of drug-likeness (QED) is 0.439. The zero-order valence-corrected chi connectivity index (χ0v) is 15.5. The van der Waals surface area contributed by atoms with Gasteiger partial charge in [-0.3, -0.25) is 29.4 Å². The van der Waals surface area contributed by atoms with Crippen LogP contribution in [-0.2, 0) is 9.59 Å². The summed E-state index contributed by atoms with van der Waals surface area (Å²) >= 11 is 3.23. The van der Waals surface area contributed by atoms with E-state index >= 15 is 0 Å². The molecular formula is C17H12BrN3O6. The Hall–Kier alpha value is -3.27. The second-order valence-corrected chi connectivity index (χ2v) is 6.49. The minimum absolute atomic E-state index is 0.0886. The van der Waals surface area contributed by atoms with Crippen molar-refractivity contribution in [1.29, 1.82) is 0 Å². The van der Waals surface area contributed by atoms with Gasteiger partial charge in [-0.1, -0.05) is 15.9 Å². The van der Waals surface area contributed by atoms with Gasteiger partial charge >= 0.3 is 0 Å². The Balaban J connectivity index is 1.83. The molecule has 0 bridgehead atoms. The van der Waals surface area contributed by atoms with Gasteiger partial charge in [0.05, 0.1) is 29.0 Å². The van der Waals surface area contributed by atoms with Crippen LogP contribution in [0.3, 0.4) is 0 Å². The number of nitrogens with one attached hydrogen (secondary N) is 1. The smallest absolute Gasteiger partial charge is 0.299 e. The highest BCUT2D eigenvalue weighted by atomic mass is 79.9. The summed E-state index contributed by atoms with van der Waals surface area (Å²) in [5, 5.41) is 13.4. The third-order valence-electron chi connectivity index (χ3n) is 3.90. The van der Waals surface area contributed by atoms with Crippen molar-refractivity contribution in [2.75, 3.05) is 23.9 Å². The number of rotatable bonds is 5. The van der Waals surface area contributed by atoms with E-state index in [1.54, 1.807) is 12.1 Å². The van der Waals surface area contributed by atoms with Crippen LogP contribution in [0.1, 0.15) is 10.4 Å². The number of methoxy groups -OCH3 is 1. The number of non-ortho nitro benzene ring substituents is 1. The van der Waals surface area contributed by atoms with Gasteiger partial charge in [0.15, 0.2) is 0 Å². The van der Waals surface area contributed by atoms with Gasteiger partial charge in [-0.25, -0.2) is 0 Å². The van der Waals surface area contributed by atoms with Crippen molar-refractivity contribution in [2.24, 2.45) is 0 Å². The van der Waals surface area contributed by atoms with Crippen molar-refractivity contribution in [3.63, 3.8) is 0 Å². The highest BCUT2D eigenvalue weighted by molar-refractivity contribution is 9.10. The topological polar surface area (TPSA) is 119 Å². The van der Waals surface area contributed by atoms with E-state index in [-0.39, 0.29) is 22.7 Å². The van der Waals surface area contributed by atoms with E-state index in [9.17, 15) is 24.5 Å². The number of carbonyl (C=O) groups excluding carboxylic acids is 3. The zero-order valence-electron chi connectivity index (χ0n) is 13.9. The number of amides is 2. The van der Waals surface area contributed by atoms with Crippen LogP contribution in [0, 0.1) is 10.1 Å². The van der Waals surface area contributed by atoms with Crippen molar-refractivity contribution in [2.45, 2.75) is 0 Å². The average Bonchev–Trinajstić information content (AvgIpc) is 2.86. The van der Waals surface area contributed by atoms with Gasteiger partial charge in [0.2, 0.25) is 5.91 Å². The molecule has 0 spiro atoms. The number of nitro benzene ring substituents is 1. The fourth-order valence-electron chi connectivity index (χ4n) is 2.67. The molecule has 2 amide bonds. The zero-order chi connectivity index (χ0) is 19.7. The standard InChI is InChI=1S/C17H12BrN3O6/c1-27-14-5-3-10(21(25)26)7-12(14)19-15(22)8-20-13-4-2-9(18)6-11(13)16(23)17(20)24/h2-7H,8H2,1H3,(H,19,22). The van der Waals surface area contributed by atoms with E-state index in [1.807, 2.05) is 0 Å². The summed E-state index contributed by atoms with van der Waals surface area (Å²) in [5.74, 6) is -1.93. The van der Waals surface area contributed by atoms with E-state index in [0.717, 1.165) is 11.0 Å². The minimum atomic E-state index is -0.816. The number of ketones is 1. The number of benzene rings is 2. The van der Waals surface area contributed by atoms with E-state index in [4.69, 9.17) is 4.74 Å². The lowest BCUT2D eigenvalue weighted by atomic mass is 10.1. The van der Waals surface area contributed by atoms with E-state index in [1.165, 1.54) is 25.3 Å². The number of fused-ring (bicyclic) bond motifs is 1. The summed E-state index contributed by atoms with van der Waals surface area (Å²) in [4.78, 5) is 48.0. The van der Waals surface area contributed by atoms with E-state index in [2.05, 4.69) is 21.2 Å². The number of carbonyl (C=O) groups is 3. The Morgan fingerprint density at radius 1 is 1.26 bits per heavy atom. The number of hydrogen-bond acceptors (Lipinski definition) is 6. The van der Waals surface area contributed by atoms with Crippen LogP contribution in [0.4, 0.5) is 17.1 Å². The van der Waals surface area contributed by atoms with Crippen LogP contribution in [0.2, 0.25) is 0 Å². The van der Waals surface area contributed by atoms with Crippen LogP contribution in [0.5, 0.6) is 5.75 Å². The second-order valence-electron chi connectivity index (χ2n) is 5.57. The first-order chi connectivity index (χ1) is 12.8. The fraction of sp³-hybridized carbons (Fsp3) is 0.118. The van der Waals surface area contributed by atoms with Gasteiger partial charge in [-0.05, 0) is 24.3 Å². The van der Waals surface area contributed by atoms with Gasteiger partial charge in [0.1, 0.15) is 12.3 Å². The molecule has 0 atom stereocenters. The predicted octanol–water partition coefficient (Wildman–Crippen LogP) is 2.53. The summed E-state index contributed by atoms with van der Waals surface area (Å²) < 4.78 is 5.72. The molecule has 1 aliphatic heterocycles. The van der Waals surface area contributed by atoms with E-state index in [0.29, 0.717) is 10.2 Å². The largest absolute Gasteiger partial charge is 0.495 e. The normalized spacial score (nSPS) is 12.7. The molecule has 1 N–H and O–H groups in total. The first-order valence-electron chi connectivity index (χ1n) is 7.60. The minimum Gasteiger partial charge on any atom is -0.495 e. The third kappa shape index (κ3) is 3.51. The maximum Gasteiger partial charge on any atom is 0.299 e. The molecule has 0 saturated carbocycles. The second kappa shape index (κ2) is 7.16. The number of anilines is 2. The summed E-state index contributed by atoms with van der Waals surface area (Å²) in [6.07, 6.45) is 0. The maximum absolute atomic E-state index is 12.4. The lowest BCUT2D eigenvalue weighted by molar-refractivity contribution is -0.384. The lowest BCUT2D eigenvalue weighted by Gasteiger charge is -2.17. The van der Waals surface area contributed by atoms with Crippen LogP contribution in [0.25, 0.3) is 0 Å². The number of nitro groups is 1. The molecule has 10 heteroatoms. The van der Waals surface area contributed by atoms with Crippen LogP contribution >= 0.6 is 15.9 Å². The number of Topliss-reactive ketones (excluding diaryl/α,β-unsaturated/α-hetero) is 1. The van der Waals surface area contributed by atoms with Gasteiger partial charge in [0.25, 0.3) is 17.4 Å². The molecule has 9 nitrogen and oxygen atoms in total. The van der Waals surface area contributed by atoms with Crippen molar-refractivity contribution >= 4 is 50.6 Å². The molecule has 0 aromatic heterocycles. The van der Waals surface area contributed by atoms with Gasteiger partial charge in [-0.2, -0.15) is 0 Å². The van der Waals surface area contributed by atoms with Gasteiger partial charge in [-0.15, -0.1) is 0 Å². The Morgan fingerprint density at radius 2 is 2.00 bits per heavy atom. The van der Waals surface area contributed by atoms with Crippen LogP contribution in [-0.4, -0.2) is 36.2 Å². The van der Waals surface area contributed by atoms with Crippen molar-refractivity contribution in [3.8, 4) is 5.75 Å². The van der Waals surface area contributed by atoms with Crippen molar-refractivity contribution in [1.82, 2.24) is 0 Å². The maximum atomic E-state index is 12.4. The molecule has 3 rings (SSSR count). The number of halogens is 1. The summed E-state index contributed by atoms with van der Waals surface area (Å²) in [5.41, 5.74) is 0.392. The highest BCUT2D eigenvalue weighted by Gasteiger charge is 2.37. The predicted molar refractivity (Wildman–Crippen MR) is 99.1 cm³/mol. The molecule has 0 radical (unpaired) electrons. The SMILES string of the molecule is COc1ccc([N+](=O)[O-])cc1NC(=O)CN1C(=O)C(=O)c2cc(Br)ccc21.